The van der Waals surface area contributed by atoms with Crippen molar-refractivity contribution in [2.75, 3.05) is 39.0 Å². The number of carbonyl (C=O) groups is 1. The zero-order valence-corrected chi connectivity index (χ0v) is 12.6. The number of piperidine rings is 1. The van der Waals surface area contributed by atoms with Crippen LogP contribution in [0.2, 0.25) is 0 Å². The molecule has 20 heavy (non-hydrogen) atoms. The van der Waals surface area contributed by atoms with Crippen LogP contribution in [0.1, 0.15) is 30.1 Å². The Morgan fingerprint density at radius 1 is 1.40 bits per heavy atom. The summed E-state index contributed by atoms with van der Waals surface area (Å²) in [6, 6.07) is 3.61. The van der Waals surface area contributed by atoms with Crippen molar-refractivity contribution in [1.29, 1.82) is 0 Å². The third kappa shape index (κ3) is 3.70. The number of nitrogens with zero attached hydrogens (tertiary/aromatic N) is 2. The van der Waals surface area contributed by atoms with E-state index in [0.717, 1.165) is 38.3 Å². The van der Waals surface area contributed by atoms with Crippen LogP contribution in [-0.4, -0.2) is 49.5 Å². The molecule has 1 fully saturated rings. The van der Waals surface area contributed by atoms with Crippen molar-refractivity contribution in [1.82, 2.24) is 15.2 Å². The highest BCUT2D eigenvalue weighted by molar-refractivity contribution is 5.94. The first-order valence-corrected chi connectivity index (χ1v) is 7.13. The van der Waals surface area contributed by atoms with E-state index in [2.05, 4.69) is 34.5 Å². The minimum atomic E-state index is -0.0414. The number of hydrogen-bond acceptors (Lipinski definition) is 4. The maximum atomic E-state index is 12.1. The van der Waals surface area contributed by atoms with Crippen molar-refractivity contribution >= 4 is 11.7 Å². The second kappa shape index (κ2) is 6.22. The first kappa shape index (κ1) is 14.8. The van der Waals surface area contributed by atoms with Crippen molar-refractivity contribution in [2.24, 2.45) is 5.41 Å². The lowest BCUT2D eigenvalue weighted by molar-refractivity contribution is 0.0891. The van der Waals surface area contributed by atoms with Crippen molar-refractivity contribution in [2.45, 2.75) is 19.8 Å². The summed E-state index contributed by atoms with van der Waals surface area (Å²) in [6.07, 6.45) is 3.86. The van der Waals surface area contributed by atoms with Gasteiger partial charge in [0.25, 0.3) is 5.91 Å². The van der Waals surface area contributed by atoms with Gasteiger partial charge in [-0.3, -0.25) is 4.79 Å². The summed E-state index contributed by atoms with van der Waals surface area (Å²) in [7, 11) is 3.95. The zero-order chi connectivity index (χ0) is 14.6. The number of carbonyl (C=O) groups excluding carboxylic acids is 1. The molecule has 5 nitrogen and oxygen atoms in total. The average molecular weight is 276 g/mol. The van der Waals surface area contributed by atoms with E-state index in [1.54, 1.807) is 12.3 Å². The van der Waals surface area contributed by atoms with Gasteiger partial charge in [-0.25, -0.2) is 4.98 Å². The van der Waals surface area contributed by atoms with Crippen LogP contribution in [0.5, 0.6) is 0 Å². The number of hydrogen-bond donors (Lipinski definition) is 2. The van der Waals surface area contributed by atoms with Crippen molar-refractivity contribution in [3.05, 3.63) is 23.9 Å². The van der Waals surface area contributed by atoms with Crippen LogP contribution in [0, 0.1) is 5.41 Å². The molecule has 1 aliphatic rings. The van der Waals surface area contributed by atoms with E-state index in [-0.39, 0.29) is 11.3 Å². The van der Waals surface area contributed by atoms with Crippen LogP contribution < -0.4 is 10.6 Å². The van der Waals surface area contributed by atoms with Crippen LogP contribution >= 0.6 is 0 Å². The Morgan fingerprint density at radius 2 is 2.10 bits per heavy atom. The highest BCUT2D eigenvalue weighted by atomic mass is 16.1. The third-order valence-corrected chi connectivity index (χ3v) is 4.15. The molecule has 0 aliphatic carbocycles. The van der Waals surface area contributed by atoms with Gasteiger partial charge in [0.1, 0.15) is 5.82 Å². The molecule has 1 aromatic heterocycles. The molecule has 1 aliphatic heterocycles. The number of likely N-dealkylation sites (tertiary alicyclic amines) is 1. The van der Waals surface area contributed by atoms with E-state index in [9.17, 15) is 4.79 Å². The molecule has 0 spiro atoms. The smallest absolute Gasteiger partial charge is 0.252 e. The topological polar surface area (TPSA) is 57.3 Å². The summed E-state index contributed by atoms with van der Waals surface area (Å²) in [5.41, 5.74) is 0.820. The summed E-state index contributed by atoms with van der Waals surface area (Å²) in [5.74, 6) is 0.726. The molecule has 0 unspecified atom stereocenters. The van der Waals surface area contributed by atoms with E-state index >= 15 is 0 Å². The van der Waals surface area contributed by atoms with Crippen molar-refractivity contribution in [3.8, 4) is 0 Å². The first-order valence-electron chi connectivity index (χ1n) is 7.13. The number of amides is 1. The molecule has 0 bridgehead atoms. The van der Waals surface area contributed by atoms with Gasteiger partial charge >= 0.3 is 0 Å². The Kier molecular flexibility index (Phi) is 4.60. The summed E-state index contributed by atoms with van der Waals surface area (Å²) in [5, 5.41) is 5.98. The fraction of sp³-hybridized carbons (Fsp3) is 0.600. The Balaban J connectivity index is 1.88. The lowest BCUT2D eigenvalue weighted by Crippen LogP contribution is -2.43. The van der Waals surface area contributed by atoms with E-state index in [4.69, 9.17) is 0 Å². The normalized spacial score (nSPS) is 18.6. The van der Waals surface area contributed by atoms with Crippen LogP contribution in [0.25, 0.3) is 0 Å². The number of rotatable bonds is 4. The number of aromatic nitrogens is 1. The number of anilines is 1. The largest absolute Gasteiger partial charge is 0.373 e. The number of pyridine rings is 1. The van der Waals surface area contributed by atoms with Gasteiger partial charge in [0.2, 0.25) is 0 Å². The van der Waals surface area contributed by atoms with Crippen molar-refractivity contribution in [3.63, 3.8) is 0 Å². The SMILES string of the molecule is CNc1ccc(C(=O)NCC2(C)CCN(C)CC2)cn1. The fourth-order valence-corrected chi connectivity index (χ4v) is 2.41. The molecule has 0 radical (unpaired) electrons. The lowest BCUT2D eigenvalue weighted by atomic mass is 9.80. The quantitative estimate of drug-likeness (QED) is 0.877. The van der Waals surface area contributed by atoms with Crippen LogP contribution in [0.3, 0.4) is 0 Å². The summed E-state index contributed by atoms with van der Waals surface area (Å²) in [4.78, 5) is 18.6. The van der Waals surface area contributed by atoms with Crippen LogP contribution in [0.4, 0.5) is 5.82 Å². The second-order valence-electron chi connectivity index (χ2n) is 5.98. The van der Waals surface area contributed by atoms with E-state index in [1.165, 1.54) is 0 Å². The van der Waals surface area contributed by atoms with Gasteiger partial charge in [-0.05, 0) is 50.5 Å². The predicted molar refractivity (Wildman–Crippen MR) is 81.0 cm³/mol. The summed E-state index contributed by atoms with van der Waals surface area (Å²) < 4.78 is 0. The minimum absolute atomic E-state index is 0.0414. The molecule has 2 heterocycles. The highest BCUT2D eigenvalue weighted by Gasteiger charge is 2.29. The Labute approximate surface area is 120 Å². The van der Waals surface area contributed by atoms with Crippen molar-refractivity contribution < 1.29 is 4.79 Å². The number of nitrogens with one attached hydrogen (secondary N) is 2. The van der Waals surface area contributed by atoms with Gasteiger partial charge in [0, 0.05) is 19.8 Å². The second-order valence-corrected chi connectivity index (χ2v) is 5.98. The molecule has 0 aromatic carbocycles. The minimum Gasteiger partial charge on any atom is -0.373 e. The summed E-state index contributed by atoms with van der Waals surface area (Å²) in [6.45, 7) is 5.19. The molecule has 0 saturated carbocycles. The lowest BCUT2D eigenvalue weighted by Gasteiger charge is -2.37. The molecule has 0 atom stereocenters. The Hall–Kier alpha value is -1.62. The summed E-state index contributed by atoms with van der Waals surface area (Å²) >= 11 is 0. The maximum absolute atomic E-state index is 12.1. The molecule has 1 aromatic rings. The van der Waals surface area contributed by atoms with E-state index < -0.39 is 0 Å². The van der Waals surface area contributed by atoms with Gasteiger partial charge in [-0.2, -0.15) is 0 Å². The van der Waals surface area contributed by atoms with Crippen LogP contribution in [0.15, 0.2) is 18.3 Å². The Bertz CT molecular complexity index is 449. The molecule has 2 rings (SSSR count). The first-order chi connectivity index (χ1) is 9.52. The molecule has 110 valence electrons. The molecular weight excluding hydrogens is 252 g/mol. The van der Waals surface area contributed by atoms with E-state index in [1.807, 2.05) is 13.1 Å². The van der Waals surface area contributed by atoms with Crippen LogP contribution in [-0.2, 0) is 0 Å². The maximum Gasteiger partial charge on any atom is 0.252 e. The zero-order valence-electron chi connectivity index (χ0n) is 12.6. The van der Waals surface area contributed by atoms with Gasteiger partial charge < -0.3 is 15.5 Å². The standard InChI is InChI=1S/C15H24N4O/c1-15(6-8-19(3)9-7-15)11-18-14(20)12-4-5-13(16-2)17-10-12/h4-5,10H,6-9,11H2,1-3H3,(H,16,17)(H,18,20). The Morgan fingerprint density at radius 3 is 2.65 bits per heavy atom. The van der Waals surface area contributed by atoms with Gasteiger partial charge in [-0.1, -0.05) is 6.92 Å². The predicted octanol–water partition coefficient (Wildman–Crippen LogP) is 1.58. The van der Waals surface area contributed by atoms with E-state index in [0.29, 0.717) is 5.56 Å². The average Bonchev–Trinajstić information content (AvgIpc) is 2.48. The fourth-order valence-electron chi connectivity index (χ4n) is 2.41. The molecule has 5 heteroatoms. The molecular formula is C15H24N4O. The third-order valence-electron chi connectivity index (χ3n) is 4.15. The van der Waals surface area contributed by atoms with Gasteiger partial charge in [0.05, 0.1) is 5.56 Å². The van der Waals surface area contributed by atoms with Gasteiger partial charge in [-0.15, -0.1) is 0 Å². The molecule has 1 saturated heterocycles. The highest BCUT2D eigenvalue weighted by Crippen LogP contribution is 2.29. The monoisotopic (exact) mass is 276 g/mol. The van der Waals surface area contributed by atoms with Gasteiger partial charge in [0.15, 0.2) is 0 Å². The molecule has 1 amide bonds. The molecule has 2 N–H and O–H groups in total.